The summed E-state index contributed by atoms with van der Waals surface area (Å²) >= 11 is 0. The Morgan fingerprint density at radius 3 is 2.22 bits per heavy atom. The average Bonchev–Trinajstić information content (AvgIpc) is 2.69. The number of nitrogens with zero attached hydrogens (tertiary/aromatic N) is 2. The molecule has 0 heterocycles. The van der Waals surface area contributed by atoms with E-state index in [2.05, 4.69) is 4.85 Å². The Bertz CT molecular complexity index is 766. The Kier molecular flexibility index (Phi) is 7.50. The number of amides is 1. The van der Waals surface area contributed by atoms with Gasteiger partial charge in [-0.25, -0.2) is 11.4 Å². The smallest absolute Gasteiger partial charge is 0.415 e. The van der Waals surface area contributed by atoms with Crippen molar-refractivity contribution in [2.45, 2.75) is 19.9 Å². The van der Waals surface area contributed by atoms with Gasteiger partial charge < -0.3 is 24.0 Å². The highest BCUT2D eigenvalue weighted by atomic mass is 16.6. The van der Waals surface area contributed by atoms with Crippen LogP contribution < -0.4 is 14.2 Å². The minimum absolute atomic E-state index is 0.155. The van der Waals surface area contributed by atoms with Gasteiger partial charge in [-0.1, -0.05) is 12.1 Å². The van der Waals surface area contributed by atoms with E-state index in [1.807, 2.05) is 38.1 Å². The average molecular weight is 368 g/mol. The van der Waals surface area contributed by atoms with Crippen LogP contribution in [0.1, 0.15) is 25.5 Å². The molecular weight excluding hydrogens is 344 g/mol. The second-order valence-corrected chi connectivity index (χ2v) is 5.80. The van der Waals surface area contributed by atoms with Crippen molar-refractivity contribution in [3.8, 4) is 17.2 Å². The maximum atomic E-state index is 12.6. The van der Waals surface area contributed by atoms with Gasteiger partial charge in [0.25, 0.3) is 0 Å². The Labute approximate surface area is 160 Å². The lowest BCUT2D eigenvalue weighted by Gasteiger charge is -2.27. The predicted molar refractivity (Wildman–Crippen MR) is 103 cm³/mol. The van der Waals surface area contributed by atoms with E-state index in [1.165, 1.54) is 0 Å². The van der Waals surface area contributed by atoms with E-state index >= 15 is 0 Å². The van der Waals surface area contributed by atoms with Crippen molar-refractivity contribution in [2.24, 2.45) is 0 Å². The van der Waals surface area contributed by atoms with Gasteiger partial charge in [0.1, 0.15) is 17.2 Å². The third-order valence-electron chi connectivity index (χ3n) is 4.14. The van der Waals surface area contributed by atoms with Crippen LogP contribution in [-0.2, 0) is 0 Å². The molecule has 1 amide bonds. The molecule has 0 aliphatic carbocycles. The minimum atomic E-state index is -0.410. The number of carbonyl (C=O) groups excluding carboxylic acids is 1. The Morgan fingerprint density at radius 1 is 1.07 bits per heavy atom. The van der Waals surface area contributed by atoms with E-state index in [1.54, 1.807) is 36.3 Å². The third-order valence-corrected chi connectivity index (χ3v) is 4.14. The molecule has 2 aromatic carbocycles. The number of benzene rings is 2. The Hall–Kier alpha value is -3.20. The van der Waals surface area contributed by atoms with E-state index in [-0.39, 0.29) is 6.04 Å². The molecule has 1 atom stereocenters. The summed E-state index contributed by atoms with van der Waals surface area (Å²) in [6.45, 7) is 11.8. The number of hydrogen-bond acceptors (Lipinski definition) is 4. The molecule has 0 radical (unpaired) electrons. The van der Waals surface area contributed by atoms with Crippen LogP contribution in [0.3, 0.4) is 0 Å². The summed E-state index contributed by atoms with van der Waals surface area (Å²) in [5, 5.41) is 0. The molecule has 27 heavy (non-hydrogen) atoms. The molecule has 0 unspecified atom stereocenters. The second kappa shape index (κ2) is 10.1. The van der Waals surface area contributed by atoms with Crippen LogP contribution in [0, 0.1) is 6.57 Å². The zero-order valence-corrected chi connectivity index (χ0v) is 15.8. The summed E-state index contributed by atoms with van der Waals surface area (Å²) in [6.07, 6.45) is -0.410. The lowest BCUT2D eigenvalue weighted by Crippen LogP contribution is -2.35. The van der Waals surface area contributed by atoms with Gasteiger partial charge in [-0.15, -0.1) is 0 Å². The van der Waals surface area contributed by atoms with Gasteiger partial charge in [-0.05, 0) is 55.8 Å². The maximum Gasteiger partial charge on any atom is 0.415 e. The largest absolute Gasteiger partial charge is 0.497 e. The number of ether oxygens (including phenoxy) is 3. The molecule has 0 saturated carbocycles. The first-order valence-corrected chi connectivity index (χ1v) is 8.77. The molecule has 0 aliphatic heterocycles. The first kappa shape index (κ1) is 20.1. The molecule has 0 fully saturated rings. The van der Waals surface area contributed by atoms with E-state index in [0.29, 0.717) is 36.9 Å². The van der Waals surface area contributed by atoms with Crippen LogP contribution >= 0.6 is 0 Å². The fraction of sp³-hybridized carbons (Fsp3) is 0.333. The van der Waals surface area contributed by atoms with Crippen LogP contribution in [0.15, 0.2) is 48.5 Å². The lowest BCUT2D eigenvalue weighted by molar-refractivity contribution is 0.138. The zero-order chi connectivity index (χ0) is 19.6. The van der Waals surface area contributed by atoms with Crippen LogP contribution in [0.2, 0.25) is 0 Å². The van der Waals surface area contributed by atoms with Gasteiger partial charge in [0.15, 0.2) is 6.61 Å². The highest BCUT2D eigenvalue weighted by Crippen LogP contribution is 2.25. The highest BCUT2D eigenvalue weighted by molar-refractivity contribution is 5.71. The molecule has 6 nitrogen and oxygen atoms in total. The lowest BCUT2D eigenvalue weighted by atomic mass is 10.1. The van der Waals surface area contributed by atoms with Gasteiger partial charge in [0.05, 0.1) is 13.2 Å². The highest BCUT2D eigenvalue weighted by Gasteiger charge is 2.22. The minimum Gasteiger partial charge on any atom is -0.497 e. The molecule has 0 aliphatic rings. The van der Waals surface area contributed by atoms with Crippen LogP contribution in [0.25, 0.3) is 4.85 Å². The summed E-state index contributed by atoms with van der Waals surface area (Å²) in [6, 6.07) is 14.3. The van der Waals surface area contributed by atoms with Gasteiger partial charge in [0.2, 0.25) is 6.54 Å². The zero-order valence-electron chi connectivity index (χ0n) is 15.8. The van der Waals surface area contributed by atoms with Crippen molar-refractivity contribution in [1.82, 2.24) is 4.90 Å². The summed E-state index contributed by atoms with van der Waals surface area (Å²) in [7, 11) is 1.59. The predicted octanol–water partition coefficient (Wildman–Crippen LogP) is 4.58. The SMILES string of the molecule is [C-]#[N+]CCOc1ccc([C@H](C)N(CC)C(=O)Oc2ccc(OC)cc2)cc1. The fourth-order valence-electron chi connectivity index (χ4n) is 2.60. The topological polar surface area (TPSA) is 52.4 Å². The van der Waals surface area contributed by atoms with E-state index in [4.69, 9.17) is 20.8 Å². The molecule has 0 bridgehead atoms. The molecule has 142 valence electrons. The molecule has 2 rings (SSSR count). The van der Waals surface area contributed by atoms with Crippen molar-refractivity contribution in [2.75, 3.05) is 26.8 Å². The standard InChI is InChI=1S/C21H24N2O4/c1-5-23(21(24)27-20-12-10-18(25-4)11-13-20)16(2)17-6-8-19(9-7-17)26-15-14-22-3/h6-13,16H,5,14-15H2,1-2,4H3/t16-/m0/s1. The molecular formula is C21H24N2O4. The van der Waals surface area contributed by atoms with E-state index in [0.717, 1.165) is 5.56 Å². The number of hydrogen-bond donors (Lipinski definition) is 0. The first-order chi connectivity index (χ1) is 13.1. The van der Waals surface area contributed by atoms with Gasteiger partial charge in [-0.3, -0.25) is 0 Å². The van der Waals surface area contributed by atoms with Gasteiger partial charge in [0, 0.05) is 6.54 Å². The van der Waals surface area contributed by atoms with Crippen LogP contribution in [-0.4, -0.2) is 37.8 Å². The number of rotatable bonds is 8. The summed E-state index contributed by atoms with van der Waals surface area (Å²) < 4.78 is 16.1. The molecule has 0 aromatic heterocycles. The molecule has 6 heteroatoms. The summed E-state index contributed by atoms with van der Waals surface area (Å²) in [5.74, 6) is 1.88. The van der Waals surface area contributed by atoms with Crippen molar-refractivity contribution in [3.05, 3.63) is 65.5 Å². The molecule has 0 saturated heterocycles. The van der Waals surface area contributed by atoms with Gasteiger partial charge >= 0.3 is 6.09 Å². The third kappa shape index (κ3) is 5.65. The fourth-order valence-corrected chi connectivity index (χ4v) is 2.60. The van der Waals surface area contributed by atoms with Crippen molar-refractivity contribution < 1.29 is 19.0 Å². The van der Waals surface area contributed by atoms with E-state index < -0.39 is 6.09 Å². The maximum absolute atomic E-state index is 12.6. The summed E-state index contributed by atoms with van der Waals surface area (Å²) in [5.41, 5.74) is 0.973. The number of methoxy groups -OCH3 is 1. The molecule has 0 N–H and O–H groups in total. The molecule has 0 spiro atoms. The van der Waals surface area contributed by atoms with Crippen LogP contribution in [0.4, 0.5) is 4.79 Å². The monoisotopic (exact) mass is 368 g/mol. The van der Waals surface area contributed by atoms with Crippen molar-refractivity contribution >= 4 is 6.09 Å². The van der Waals surface area contributed by atoms with Gasteiger partial charge in [-0.2, -0.15) is 0 Å². The Balaban J connectivity index is 2.01. The number of carbonyl (C=O) groups is 1. The van der Waals surface area contributed by atoms with E-state index in [9.17, 15) is 4.79 Å². The first-order valence-electron chi connectivity index (χ1n) is 8.77. The summed E-state index contributed by atoms with van der Waals surface area (Å²) in [4.78, 5) is 17.5. The second-order valence-electron chi connectivity index (χ2n) is 5.80. The normalized spacial score (nSPS) is 11.2. The van der Waals surface area contributed by atoms with Crippen molar-refractivity contribution in [3.63, 3.8) is 0 Å². The van der Waals surface area contributed by atoms with Crippen LogP contribution in [0.5, 0.6) is 17.2 Å². The van der Waals surface area contributed by atoms with Crippen molar-refractivity contribution in [1.29, 1.82) is 0 Å². The quantitative estimate of drug-likeness (QED) is 0.506. The molecule has 2 aromatic rings. The Morgan fingerprint density at radius 2 is 1.67 bits per heavy atom.